The standard InChI is InChI=1S/C19H16N4O5/c1-27-16-9-4-14(5-10-16)12-18-21-22-19(28-18)20-17(24)11-6-13-2-7-15(8-3-13)23(25)26/h2-11H,12H2,1H3,(H,20,22,24)/b11-6-. The highest BCUT2D eigenvalue weighted by Crippen LogP contribution is 2.16. The summed E-state index contributed by atoms with van der Waals surface area (Å²) in [4.78, 5) is 22.1. The van der Waals surface area contributed by atoms with Gasteiger partial charge in [-0.3, -0.25) is 20.2 Å². The first-order valence-electron chi connectivity index (χ1n) is 8.22. The summed E-state index contributed by atoms with van der Waals surface area (Å²) in [6.07, 6.45) is 3.22. The molecule has 142 valence electrons. The van der Waals surface area contributed by atoms with Crippen LogP contribution in [0.1, 0.15) is 17.0 Å². The van der Waals surface area contributed by atoms with Crippen LogP contribution in [-0.2, 0) is 11.2 Å². The number of anilines is 1. The van der Waals surface area contributed by atoms with E-state index in [4.69, 9.17) is 9.15 Å². The van der Waals surface area contributed by atoms with Gasteiger partial charge in [-0.05, 0) is 41.5 Å². The number of nitrogens with one attached hydrogen (secondary N) is 1. The number of nitrogens with zero attached hydrogens (tertiary/aromatic N) is 3. The van der Waals surface area contributed by atoms with Gasteiger partial charge in [0, 0.05) is 18.2 Å². The van der Waals surface area contributed by atoms with Crippen molar-refractivity contribution in [3.05, 3.63) is 81.7 Å². The molecular formula is C19H16N4O5. The number of benzene rings is 2. The summed E-state index contributed by atoms with van der Waals surface area (Å²) in [6.45, 7) is 0. The first-order chi connectivity index (χ1) is 13.5. The summed E-state index contributed by atoms with van der Waals surface area (Å²) >= 11 is 0. The number of nitro groups is 1. The third-order valence-electron chi connectivity index (χ3n) is 3.74. The van der Waals surface area contributed by atoms with Crippen molar-refractivity contribution in [3.8, 4) is 5.75 Å². The number of carbonyl (C=O) groups excluding carboxylic acids is 1. The lowest BCUT2D eigenvalue weighted by atomic mass is 10.1. The van der Waals surface area contributed by atoms with E-state index >= 15 is 0 Å². The highest BCUT2D eigenvalue weighted by Gasteiger charge is 2.09. The molecule has 0 radical (unpaired) electrons. The molecule has 9 nitrogen and oxygen atoms in total. The molecule has 1 N–H and O–H groups in total. The largest absolute Gasteiger partial charge is 0.497 e. The van der Waals surface area contributed by atoms with Gasteiger partial charge in [-0.15, -0.1) is 5.10 Å². The number of nitro benzene ring substituents is 1. The van der Waals surface area contributed by atoms with Crippen molar-refractivity contribution in [1.82, 2.24) is 10.2 Å². The lowest BCUT2D eigenvalue weighted by Crippen LogP contribution is -2.07. The van der Waals surface area contributed by atoms with Gasteiger partial charge in [0.25, 0.3) is 11.6 Å². The van der Waals surface area contributed by atoms with Gasteiger partial charge in [0.15, 0.2) is 0 Å². The smallest absolute Gasteiger partial charge is 0.322 e. The van der Waals surface area contributed by atoms with E-state index in [1.54, 1.807) is 19.2 Å². The number of hydrogen-bond donors (Lipinski definition) is 1. The van der Waals surface area contributed by atoms with Gasteiger partial charge in [-0.2, -0.15) is 0 Å². The van der Waals surface area contributed by atoms with Crippen LogP contribution in [0.2, 0.25) is 0 Å². The van der Waals surface area contributed by atoms with Crippen LogP contribution in [0.4, 0.5) is 11.7 Å². The summed E-state index contributed by atoms with van der Waals surface area (Å²) in [6, 6.07) is 13.2. The highest BCUT2D eigenvalue weighted by atomic mass is 16.6. The van der Waals surface area contributed by atoms with Crippen molar-refractivity contribution < 1.29 is 18.9 Å². The van der Waals surface area contributed by atoms with Crippen LogP contribution in [0, 0.1) is 10.1 Å². The van der Waals surface area contributed by atoms with Crippen LogP contribution in [-0.4, -0.2) is 28.1 Å². The number of non-ortho nitro benzene ring substituents is 1. The minimum Gasteiger partial charge on any atom is -0.497 e. The Bertz CT molecular complexity index is 994. The predicted molar refractivity (Wildman–Crippen MR) is 101 cm³/mol. The summed E-state index contributed by atoms with van der Waals surface area (Å²) in [5, 5.41) is 20.8. The molecule has 0 saturated carbocycles. The molecule has 0 spiro atoms. The molecule has 3 aromatic rings. The third kappa shape index (κ3) is 5.01. The fourth-order valence-corrected chi connectivity index (χ4v) is 2.32. The topological polar surface area (TPSA) is 120 Å². The molecule has 0 fully saturated rings. The van der Waals surface area contributed by atoms with Crippen molar-refractivity contribution in [1.29, 1.82) is 0 Å². The lowest BCUT2D eigenvalue weighted by molar-refractivity contribution is -0.384. The van der Waals surface area contributed by atoms with E-state index in [9.17, 15) is 14.9 Å². The number of amides is 1. The van der Waals surface area contributed by atoms with Gasteiger partial charge < -0.3 is 9.15 Å². The normalized spacial score (nSPS) is 10.8. The maximum Gasteiger partial charge on any atom is 0.322 e. The average molecular weight is 380 g/mol. The molecule has 28 heavy (non-hydrogen) atoms. The Labute approximate surface area is 159 Å². The van der Waals surface area contributed by atoms with Gasteiger partial charge in [-0.25, -0.2) is 0 Å². The number of ether oxygens (including phenoxy) is 1. The van der Waals surface area contributed by atoms with Gasteiger partial charge in [0.1, 0.15) is 5.75 Å². The molecule has 0 atom stereocenters. The Balaban J connectivity index is 1.56. The Morgan fingerprint density at radius 2 is 1.89 bits per heavy atom. The number of carbonyl (C=O) groups is 1. The van der Waals surface area contributed by atoms with Crippen molar-refractivity contribution >= 4 is 23.7 Å². The summed E-state index contributed by atoms with van der Waals surface area (Å²) in [5.74, 6) is 0.653. The minimum atomic E-state index is -0.487. The van der Waals surface area contributed by atoms with E-state index in [0.29, 0.717) is 17.9 Å². The molecule has 2 aromatic carbocycles. The van der Waals surface area contributed by atoms with Crippen LogP contribution in [0.15, 0.2) is 59.0 Å². The molecule has 0 aliphatic heterocycles. The van der Waals surface area contributed by atoms with Crippen LogP contribution in [0.25, 0.3) is 6.08 Å². The SMILES string of the molecule is COc1ccc(Cc2nnc(NC(=O)/C=C\c3ccc([N+](=O)[O-])cc3)o2)cc1. The predicted octanol–water partition coefficient (Wildman–Crippen LogP) is 3.23. The fraction of sp³-hybridized carbons (Fsp3) is 0.105. The van der Waals surface area contributed by atoms with Gasteiger partial charge in [0.05, 0.1) is 18.5 Å². The molecular weight excluding hydrogens is 364 g/mol. The summed E-state index contributed by atoms with van der Waals surface area (Å²) < 4.78 is 10.5. The van der Waals surface area contributed by atoms with E-state index < -0.39 is 10.8 Å². The van der Waals surface area contributed by atoms with Crippen molar-refractivity contribution in [2.24, 2.45) is 0 Å². The summed E-state index contributed by atoms with van der Waals surface area (Å²) in [7, 11) is 1.60. The number of methoxy groups -OCH3 is 1. The van der Waals surface area contributed by atoms with Gasteiger partial charge >= 0.3 is 6.01 Å². The molecule has 0 saturated heterocycles. The van der Waals surface area contributed by atoms with E-state index in [-0.39, 0.29) is 11.7 Å². The first-order valence-corrected chi connectivity index (χ1v) is 8.22. The van der Waals surface area contributed by atoms with E-state index in [1.165, 1.54) is 24.3 Å². The zero-order valence-corrected chi connectivity index (χ0v) is 14.9. The Morgan fingerprint density at radius 3 is 2.54 bits per heavy atom. The summed E-state index contributed by atoms with van der Waals surface area (Å²) in [5.41, 5.74) is 1.59. The van der Waals surface area contributed by atoms with E-state index in [0.717, 1.165) is 11.3 Å². The van der Waals surface area contributed by atoms with Crippen molar-refractivity contribution in [3.63, 3.8) is 0 Å². The van der Waals surface area contributed by atoms with Crippen molar-refractivity contribution in [2.45, 2.75) is 6.42 Å². The maximum absolute atomic E-state index is 12.0. The van der Waals surface area contributed by atoms with E-state index in [2.05, 4.69) is 15.5 Å². The molecule has 0 bridgehead atoms. The average Bonchev–Trinajstić information content (AvgIpc) is 3.14. The van der Waals surface area contributed by atoms with Crippen LogP contribution < -0.4 is 10.1 Å². The first kappa shape index (κ1) is 18.8. The number of hydrogen-bond acceptors (Lipinski definition) is 7. The Morgan fingerprint density at radius 1 is 1.18 bits per heavy atom. The van der Waals surface area contributed by atoms with E-state index in [1.807, 2.05) is 24.3 Å². The molecule has 1 aromatic heterocycles. The maximum atomic E-state index is 12.0. The van der Waals surface area contributed by atoms with Crippen LogP contribution in [0.5, 0.6) is 5.75 Å². The van der Waals surface area contributed by atoms with Gasteiger partial charge in [-0.1, -0.05) is 17.2 Å². The second kappa shape index (κ2) is 8.58. The molecule has 0 unspecified atom stereocenters. The second-order valence-electron chi connectivity index (χ2n) is 5.70. The molecule has 0 aliphatic rings. The minimum absolute atomic E-state index is 0.0122. The second-order valence-corrected chi connectivity index (χ2v) is 5.70. The van der Waals surface area contributed by atoms with Crippen LogP contribution >= 0.6 is 0 Å². The fourth-order valence-electron chi connectivity index (χ4n) is 2.32. The Hall–Kier alpha value is -4.01. The molecule has 1 amide bonds. The number of rotatable bonds is 7. The molecule has 3 rings (SSSR count). The zero-order valence-electron chi connectivity index (χ0n) is 14.9. The zero-order chi connectivity index (χ0) is 19.9. The van der Waals surface area contributed by atoms with Crippen molar-refractivity contribution in [2.75, 3.05) is 12.4 Å². The quantitative estimate of drug-likeness (QED) is 0.379. The monoisotopic (exact) mass is 380 g/mol. The molecule has 0 aliphatic carbocycles. The molecule has 9 heteroatoms. The number of aromatic nitrogens is 2. The Kier molecular flexibility index (Phi) is 5.75. The van der Waals surface area contributed by atoms with Gasteiger partial charge in [0.2, 0.25) is 5.89 Å². The molecule has 1 heterocycles. The highest BCUT2D eigenvalue weighted by molar-refractivity contribution is 6.00. The van der Waals surface area contributed by atoms with Crippen LogP contribution in [0.3, 0.4) is 0 Å². The lowest BCUT2D eigenvalue weighted by Gasteiger charge is -2.00. The third-order valence-corrected chi connectivity index (χ3v) is 3.74.